The second kappa shape index (κ2) is 12.5. The molecule has 0 unspecified atom stereocenters. The fourth-order valence-electron chi connectivity index (χ4n) is 3.37. The van der Waals surface area contributed by atoms with Crippen LogP contribution in [0.4, 0.5) is 5.69 Å². The largest absolute Gasteiger partial charge is 0.497 e. The first-order chi connectivity index (χ1) is 18.5. The van der Waals surface area contributed by atoms with Crippen LogP contribution in [0.15, 0.2) is 66.7 Å². The van der Waals surface area contributed by atoms with Crippen LogP contribution < -0.4 is 29.6 Å². The molecule has 0 saturated carbocycles. The van der Waals surface area contributed by atoms with Crippen molar-refractivity contribution in [3.8, 4) is 23.0 Å². The van der Waals surface area contributed by atoms with Crippen LogP contribution in [0.2, 0.25) is 0 Å². The van der Waals surface area contributed by atoms with Crippen molar-refractivity contribution in [2.45, 2.75) is 13.2 Å². The van der Waals surface area contributed by atoms with Gasteiger partial charge in [0.1, 0.15) is 18.1 Å². The number of anilines is 1. The molecule has 4 rings (SSSR count). The number of methoxy groups -OCH3 is 3. The summed E-state index contributed by atoms with van der Waals surface area (Å²) in [6.45, 7) is 0.525. The number of nitrogens with one attached hydrogen (secondary N) is 2. The third kappa shape index (κ3) is 6.77. The maximum absolute atomic E-state index is 12.6. The standard InChI is InChI=1S/C27H26N4O6S/c1-34-20-10-4-17(5-11-20)15-28-25(32)18-6-8-19(9-7-18)29-26(33)27-31-30-24(38-27)16-37-21-12-13-22(35-2)23(14-21)36-3/h4-14H,15-16H2,1-3H3,(H,28,32)(H,29,33). The average molecular weight is 535 g/mol. The minimum atomic E-state index is -0.406. The molecule has 1 heterocycles. The van der Waals surface area contributed by atoms with Gasteiger partial charge in [-0.25, -0.2) is 0 Å². The first-order valence-electron chi connectivity index (χ1n) is 11.5. The molecule has 2 amide bonds. The number of carbonyl (C=O) groups excluding carboxylic acids is 2. The molecule has 0 spiro atoms. The van der Waals surface area contributed by atoms with Crippen molar-refractivity contribution in [2.75, 3.05) is 26.6 Å². The summed E-state index contributed by atoms with van der Waals surface area (Å²) >= 11 is 1.12. The fourth-order valence-corrected chi connectivity index (χ4v) is 4.02. The van der Waals surface area contributed by atoms with Gasteiger partial charge in [-0.05, 0) is 54.1 Å². The predicted molar refractivity (Wildman–Crippen MR) is 142 cm³/mol. The first kappa shape index (κ1) is 26.4. The maximum Gasteiger partial charge on any atom is 0.286 e. The van der Waals surface area contributed by atoms with Crippen molar-refractivity contribution < 1.29 is 28.5 Å². The number of hydrogen-bond acceptors (Lipinski definition) is 9. The van der Waals surface area contributed by atoms with Gasteiger partial charge in [0.2, 0.25) is 5.01 Å². The zero-order valence-corrected chi connectivity index (χ0v) is 21.8. The number of amides is 2. The van der Waals surface area contributed by atoms with Crippen LogP contribution in [0.25, 0.3) is 0 Å². The van der Waals surface area contributed by atoms with Crippen LogP contribution in [0.1, 0.15) is 30.7 Å². The van der Waals surface area contributed by atoms with E-state index in [1.807, 2.05) is 24.3 Å². The SMILES string of the molecule is COc1ccc(CNC(=O)c2ccc(NC(=O)c3nnc(COc4ccc(OC)c(OC)c4)s3)cc2)cc1. The number of carbonyl (C=O) groups is 2. The lowest BCUT2D eigenvalue weighted by Crippen LogP contribution is -2.22. The summed E-state index contributed by atoms with van der Waals surface area (Å²) < 4.78 is 21.4. The zero-order valence-electron chi connectivity index (χ0n) is 21.0. The van der Waals surface area contributed by atoms with Crippen molar-refractivity contribution in [2.24, 2.45) is 0 Å². The molecule has 0 atom stereocenters. The van der Waals surface area contributed by atoms with Crippen LogP contribution in [0.5, 0.6) is 23.0 Å². The van der Waals surface area contributed by atoms with E-state index in [1.165, 1.54) is 0 Å². The summed E-state index contributed by atoms with van der Waals surface area (Å²) in [6.07, 6.45) is 0. The molecule has 0 saturated heterocycles. The minimum absolute atomic E-state index is 0.140. The third-order valence-corrected chi connectivity index (χ3v) is 6.29. The Balaban J connectivity index is 1.28. The van der Waals surface area contributed by atoms with E-state index in [0.717, 1.165) is 22.6 Å². The fraction of sp³-hybridized carbons (Fsp3) is 0.185. The smallest absolute Gasteiger partial charge is 0.286 e. The first-order valence-corrected chi connectivity index (χ1v) is 12.3. The minimum Gasteiger partial charge on any atom is -0.497 e. The summed E-state index contributed by atoms with van der Waals surface area (Å²) in [5.41, 5.74) is 1.95. The highest BCUT2D eigenvalue weighted by Crippen LogP contribution is 2.31. The van der Waals surface area contributed by atoms with Crippen molar-refractivity contribution in [1.82, 2.24) is 15.5 Å². The van der Waals surface area contributed by atoms with E-state index in [9.17, 15) is 9.59 Å². The van der Waals surface area contributed by atoms with Crippen LogP contribution in [0.3, 0.4) is 0 Å². The molecule has 0 fully saturated rings. The van der Waals surface area contributed by atoms with E-state index in [4.69, 9.17) is 18.9 Å². The lowest BCUT2D eigenvalue weighted by atomic mass is 10.1. The number of benzene rings is 3. The second-order valence-electron chi connectivity index (χ2n) is 7.87. The summed E-state index contributed by atoms with van der Waals surface area (Å²) in [5, 5.41) is 14.3. The third-order valence-electron chi connectivity index (χ3n) is 5.40. The van der Waals surface area contributed by atoms with Gasteiger partial charge >= 0.3 is 0 Å². The monoisotopic (exact) mass is 534 g/mol. The second-order valence-corrected chi connectivity index (χ2v) is 8.93. The highest BCUT2D eigenvalue weighted by atomic mass is 32.1. The van der Waals surface area contributed by atoms with Crippen LogP contribution in [0, 0.1) is 0 Å². The summed E-state index contributed by atoms with van der Waals surface area (Å²) in [7, 11) is 4.71. The van der Waals surface area contributed by atoms with Crippen LogP contribution in [-0.4, -0.2) is 43.3 Å². The van der Waals surface area contributed by atoms with E-state index in [-0.39, 0.29) is 17.5 Å². The van der Waals surface area contributed by atoms with E-state index < -0.39 is 5.91 Å². The topological polar surface area (TPSA) is 121 Å². The van der Waals surface area contributed by atoms with Crippen LogP contribution in [-0.2, 0) is 13.2 Å². The van der Waals surface area contributed by atoms with Crippen molar-refractivity contribution in [3.05, 3.63) is 87.9 Å². The number of nitrogens with zero attached hydrogens (tertiary/aromatic N) is 2. The average Bonchev–Trinajstić information content (AvgIpc) is 3.44. The molecule has 1 aromatic heterocycles. The van der Waals surface area contributed by atoms with Crippen molar-refractivity contribution >= 4 is 28.8 Å². The van der Waals surface area contributed by atoms with Gasteiger partial charge in [-0.15, -0.1) is 10.2 Å². The molecule has 38 heavy (non-hydrogen) atoms. The Hall–Kier alpha value is -4.64. The molecule has 11 heteroatoms. The van der Waals surface area contributed by atoms with Gasteiger partial charge in [-0.2, -0.15) is 0 Å². The Morgan fingerprint density at radius 1 is 0.789 bits per heavy atom. The van der Waals surface area contributed by atoms with Gasteiger partial charge in [0.15, 0.2) is 16.5 Å². The van der Waals surface area contributed by atoms with Gasteiger partial charge in [-0.3, -0.25) is 9.59 Å². The maximum atomic E-state index is 12.6. The lowest BCUT2D eigenvalue weighted by molar-refractivity contribution is 0.0950. The Morgan fingerprint density at radius 2 is 1.50 bits per heavy atom. The van der Waals surface area contributed by atoms with Crippen LogP contribution >= 0.6 is 11.3 Å². The summed E-state index contributed by atoms with van der Waals surface area (Å²) in [5.74, 6) is 1.83. The van der Waals surface area contributed by atoms with E-state index in [2.05, 4.69) is 20.8 Å². The van der Waals surface area contributed by atoms with E-state index in [1.54, 1.807) is 63.8 Å². The molecule has 0 aliphatic heterocycles. The number of aromatic nitrogens is 2. The number of ether oxygens (including phenoxy) is 4. The predicted octanol–water partition coefficient (Wildman–Crippen LogP) is 4.33. The Bertz CT molecular complexity index is 1390. The Labute approximate surface area is 223 Å². The van der Waals surface area contributed by atoms with Gasteiger partial charge in [0, 0.05) is 23.9 Å². The quantitative estimate of drug-likeness (QED) is 0.292. The highest BCUT2D eigenvalue weighted by Gasteiger charge is 2.15. The number of rotatable bonds is 11. The molecule has 4 aromatic rings. The molecule has 0 bridgehead atoms. The molecular formula is C27H26N4O6S. The normalized spacial score (nSPS) is 10.4. The number of hydrogen-bond donors (Lipinski definition) is 2. The van der Waals surface area contributed by atoms with Gasteiger partial charge in [0.05, 0.1) is 21.3 Å². The van der Waals surface area contributed by atoms with Gasteiger partial charge < -0.3 is 29.6 Å². The van der Waals surface area contributed by atoms with Gasteiger partial charge in [0.25, 0.3) is 11.8 Å². The zero-order chi connectivity index (χ0) is 26.9. The molecule has 10 nitrogen and oxygen atoms in total. The summed E-state index contributed by atoms with van der Waals surface area (Å²) in [6, 6.07) is 19.2. The summed E-state index contributed by atoms with van der Waals surface area (Å²) in [4.78, 5) is 25.1. The van der Waals surface area contributed by atoms with Crippen molar-refractivity contribution in [1.29, 1.82) is 0 Å². The lowest BCUT2D eigenvalue weighted by Gasteiger charge is -2.09. The van der Waals surface area contributed by atoms with E-state index in [0.29, 0.717) is 40.1 Å². The molecule has 0 aliphatic rings. The Morgan fingerprint density at radius 3 is 2.18 bits per heavy atom. The molecule has 2 N–H and O–H groups in total. The van der Waals surface area contributed by atoms with Gasteiger partial charge in [-0.1, -0.05) is 23.5 Å². The molecule has 196 valence electrons. The van der Waals surface area contributed by atoms with E-state index >= 15 is 0 Å². The molecule has 3 aromatic carbocycles. The molecule has 0 radical (unpaired) electrons. The molecule has 0 aliphatic carbocycles. The highest BCUT2D eigenvalue weighted by molar-refractivity contribution is 7.13. The Kier molecular flexibility index (Phi) is 8.73. The van der Waals surface area contributed by atoms with Crippen molar-refractivity contribution in [3.63, 3.8) is 0 Å². The molecular weight excluding hydrogens is 508 g/mol.